The Hall–Kier alpha value is -0.120. The molecule has 2 fully saturated rings. The molecule has 0 spiro atoms. The van der Waals surface area contributed by atoms with E-state index in [0.29, 0.717) is 0 Å². The zero-order valence-corrected chi connectivity index (χ0v) is 20.0. The normalized spacial score (nSPS) is 21.8. The van der Waals surface area contributed by atoms with Crippen LogP contribution in [0.5, 0.6) is 0 Å². The van der Waals surface area contributed by atoms with Gasteiger partial charge in [0, 0.05) is 38.2 Å². The minimum Gasteiger partial charge on any atom is -0.353 e. The van der Waals surface area contributed by atoms with Crippen LogP contribution in [0.25, 0.3) is 0 Å². The third kappa shape index (κ3) is 17.3. The minimum absolute atomic E-state index is 0.0736. The Morgan fingerprint density at radius 2 is 1.24 bits per heavy atom. The molecule has 5 heteroatoms. The Morgan fingerprint density at radius 3 is 1.69 bits per heavy atom. The van der Waals surface area contributed by atoms with Gasteiger partial charge in [0.1, 0.15) is 0 Å². The number of hydrogen-bond acceptors (Lipinski definition) is 4. The van der Waals surface area contributed by atoms with Crippen LogP contribution in [0.3, 0.4) is 0 Å². The molecular weight excluding hydrogens is 432 g/mol. The van der Waals surface area contributed by atoms with Crippen LogP contribution in [0.1, 0.15) is 96.3 Å². The van der Waals surface area contributed by atoms with Crippen molar-refractivity contribution < 1.29 is 18.9 Å². The van der Waals surface area contributed by atoms with E-state index in [-0.39, 0.29) is 12.6 Å². The standard InChI is InChI=1S/C13H22O2.C11H21BrO2/c1-2-3-4-5-6-8-11-14-13-10-7-9-12-15-13;12-8-4-1-2-5-9-13-11-7-3-6-10-14-11/h1,13H,3-12H2;11H,1-10H2. The number of rotatable bonds is 14. The van der Waals surface area contributed by atoms with Gasteiger partial charge in [-0.15, -0.1) is 12.3 Å². The van der Waals surface area contributed by atoms with E-state index >= 15 is 0 Å². The molecule has 0 aromatic heterocycles. The van der Waals surface area contributed by atoms with Gasteiger partial charge in [0.25, 0.3) is 0 Å². The Morgan fingerprint density at radius 1 is 0.724 bits per heavy atom. The highest BCUT2D eigenvalue weighted by Gasteiger charge is 2.13. The van der Waals surface area contributed by atoms with Crippen molar-refractivity contribution in [2.24, 2.45) is 0 Å². The molecular formula is C24H43BrO4. The fourth-order valence-electron chi connectivity index (χ4n) is 3.35. The first kappa shape index (κ1) is 26.9. The zero-order chi connectivity index (χ0) is 20.8. The molecule has 0 aromatic carbocycles. The van der Waals surface area contributed by atoms with Gasteiger partial charge in [0.05, 0.1) is 0 Å². The molecule has 2 heterocycles. The third-order valence-corrected chi connectivity index (χ3v) is 5.69. The Balaban J connectivity index is 0.000000291. The topological polar surface area (TPSA) is 36.9 Å². The Labute approximate surface area is 187 Å². The lowest BCUT2D eigenvalue weighted by atomic mass is 10.1. The molecule has 29 heavy (non-hydrogen) atoms. The number of alkyl halides is 1. The van der Waals surface area contributed by atoms with Crippen LogP contribution in [0.4, 0.5) is 0 Å². The lowest BCUT2D eigenvalue weighted by Crippen LogP contribution is -2.22. The molecule has 2 aliphatic heterocycles. The molecule has 2 rings (SSSR count). The molecule has 0 saturated carbocycles. The van der Waals surface area contributed by atoms with Gasteiger partial charge in [-0.25, -0.2) is 0 Å². The van der Waals surface area contributed by atoms with Gasteiger partial charge in [-0.3, -0.25) is 0 Å². The van der Waals surface area contributed by atoms with Gasteiger partial charge in [-0.05, 0) is 64.2 Å². The van der Waals surface area contributed by atoms with Gasteiger partial charge in [-0.2, -0.15) is 0 Å². The first-order chi connectivity index (χ1) is 14.4. The van der Waals surface area contributed by atoms with E-state index in [1.165, 1.54) is 64.2 Å². The second-order valence-electron chi connectivity index (χ2n) is 7.81. The van der Waals surface area contributed by atoms with Gasteiger partial charge in [-0.1, -0.05) is 41.6 Å². The molecule has 0 aromatic rings. The minimum atomic E-state index is 0.0736. The maximum atomic E-state index is 5.63. The highest BCUT2D eigenvalue weighted by atomic mass is 79.9. The van der Waals surface area contributed by atoms with E-state index < -0.39 is 0 Å². The zero-order valence-electron chi connectivity index (χ0n) is 18.4. The second-order valence-corrected chi connectivity index (χ2v) is 8.60. The van der Waals surface area contributed by atoms with Gasteiger partial charge in [0.15, 0.2) is 12.6 Å². The fourth-order valence-corrected chi connectivity index (χ4v) is 3.74. The summed E-state index contributed by atoms with van der Waals surface area (Å²) >= 11 is 3.43. The summed E-state index contributed by atoms with van der Waals surface area (Å²) in [5.41, 5.74) is 0. The average Bonchev–Trinajstić information content (AvgIpc) is 2.77. The number of terminal acetylenes is 1. The summed E-state index contributed by atoms with van der Waals surface area (Å²) in [5, 5.41) is 1.12. The van der Waals surface area contributed by atoms with Crippen molar-refractivity contribution in [1.82, 2.24) is 0 Å². The van der Waals surface area contributed by atoms with Crippen LogP contribution in [-0.4, -0.2) is 44.3 Å². The van der Waals surface area contributed by atoms with Crippen LogP contribution in [-0.2, 0) is 18.9 Å². The van der Waals surface area contributed by atoms with Crippen molar-refractivity contribution in [3.63, 3.8) is 0 Å². The quantitative estimate of drug-likeness (QED) is 0.161. The summed E-state index contributed by atoms with van der Waals surface area (Å²) in [6, 6.07) is 0. The molecule has 0 amide bonds. The summed E-state index contributed by atoms with van der Waals surface area (Å²) < 4.78 is 22.2. The first-order valence-corrected chi connectivity index (χ1v) is 12.9. The van der Waals surface area contributed by atoms with Crippen molar-refractivity contribution in [3.8, 4) is 12.3 Å². The highest BCUT2D eigenvalue weighted by molar-refractivity contribution is 9.09. The fraction of sp³-hybridized carbons (Fsp3) is 0.917. The molecule has 2 unspecified atom stereocenters. The summed E-state index contributed by atoms with van der Waals surface area (Å²) in [4.78, 5) is 0. The molecule has 0 N–H and O–H groups in total. The van der Waals surface area contributed by atoms with E-state index in [1.807, 2.05) is 0 Å². The average molecular weight is 476 g/mol. The first-order valence-electron chi connectivity index (χ1n) is 11.8. The SMILES string of the molecule is BrCCCCCCOC1CCCCO1.C#CCCCCCCOC1CCCCO1. The largest absolute Gasteiger partial charge is 0.353 e. The second kappa shape index (κ2) is 21.1. The van der Waals surface area contributed by atoms with E-state index in [9.17, 15) is 0 Å². The molecule has 170 valence electrons. The van der Waals surface area contributed by atoms with E-state index in [1.54, 1.807) is 0 Å². The van der Waals surface area contributed by atoms with Gasteiger partial charge >= 0.3 is 0 Å². The maximum absolute atomic E-state index is 5.63. The molecule has 4 nitrogen and oxygen atoms in total. The van der Waals surface area contributed by atoms with E-state index in [4.69, 9.17) is 25.4 Å². The summed E-state index contributed by atoms with van der Waals surface area (Å²) in [5.74, 6) is 2.66. The molecule has 2 aliphatic rings. The summed E-state index contributed by atoms with van der Waals surface area (Å²) in [6.45, 7) is 3.45. The molecule has 0 aliphatic carbocycles. The van der Waals surface area contributed by atoms with Crippen LogP contribution in [0.15, 0.2) is 0 Å². The van der Waals surface area contributed by atoms with Crippen molar-refractivity contribution in [3.05, 3.63) is 0 Å². The summed E-state index contributed by atoms with van der Waals surface area (Å²) in [7, 11) is 0. The van der Waals surface area contributed by atoms with Crippen LogP contribution in [0, 0.1) is 12.3 Å². The highest BCUT2D eigenvalue weighted by Crippen LogP contribution is 2.15. The Kier molecular flexibility index (Phi) is 19.6. The Bertz CT molecular complexity index is 374. The predicted molar refractivity (Wildman–Crippen MR) is 123 cm³/mol. The lowest BCUT2D eigenvalue weighted by Gasteiger charge is -2.22. The van der Waals surface area contributed by atoms with Gasteiger partial charge in [0.2, 0.25) is 0 Å². The molecule has 2 saturated heterocycles. The smallest absolute Gasteiger partial charge is 0.157 e. The van der Waals surface area contributed by atoms with Crippen molar-refractivity contribution in [1.29, 1.82) is 0 Å². The number of halogens is 1. The van der Waals surface area contributed by atoms with Crippen molar-refractivity contribution >= 4 is 15.9 Å². The van der Waals surface area contributed by atoms with Gasteiger partial charge < -0.3 is 18.9 Å². The monoisotopic (exact) mass is 474 g/mol. The molecule has 0 radical (unpaired) electrons. The van der Waals surface area contributed by atoms with Crippen LogP contribution < -0.4 is 0 Å². The molecule has 0 bridgehead atoms. The lowest BCUT2D eigenvalue weighted by molar-refractivity contribution is -0.163. The van der Waals surface area contributed by atoms with Crippen LogP contribution in [0.2, 0.25) is 0 Å². The maximum Gasteiger partial charge on any atom is 0.157 e. The molecule has 2 atom stereocenters. The number of hydrogen-bond donors (Lipinski definition) is 0. The summed E-state index contributed by atoms with van der Waals surface area (Å²) in [6.07, 6.45) is 23.0. The van der Waals surface area contributed by atoms with Crippen molar-refractivity contribution in [2.45, 2.75) is 109 Å². The van der Waals surface area contributed by atoms with Crippen molar-refractivity contribution in [2.75, 3.05) is 31.8 Å². The number of unbranched alkanes of at least 4 members (excludes halogenated alkanes) is 7. The predicted octanol–water partition coefficient (Wildman–Crippen LogP) is 6.60. The van der Waals surface area contributed by atoms with E-state index in [2.05, 4.69) is 21.9 Å². The third-order valence-electron chi connectivity index (χ3n) is 5.13. The number of ether oxygens (including phenoxy) is 4. The van der Waals surface area contributed by atoms with E-state index in [0.717, 1.165) is 63.9 Å². The van der Waals surface area contributed by atoms with Crippen LogP contribution >= 0.6 is 15.9 Å².